The monoisotopic (exact) mass is 409 g/mol. The molecule has 4 rings (SSSR count). The first-order valence-corrected chi connectivity index (χ1v) is 10.4. The highest BCUT2D eigenvalue weighted by Crippen LogP contribution is 2.37. The molecule has 1 fully saturated rings. The molecule has 0 atom stereocenters. The summed E-state index contributed by atoms with van der Waals surface area (Å²) in [5, 5.41) is 4.42. The van der Waals surface area contributed by atoms with Gasteiger partial charge in [-0.25, -0.2) is 4.98 Å². The van der Waals surface area contributed by atoms with Crippen LogP contribution in [0.3, 0.4) is 0 Å². The first-order valence-electron chi connectivity index (χ1n) is 10.4. The predicted molar refractivity (Wildman–Crippen MR) is 114 cm³/mol. The SMILES string of the molecule is CCOc1ccc(CC2CC(C(N)=O)C2)cc1-c1nc2c(CC)nn(C)c2c(=O)[nH]1. The molecule has 1 aromatic carbocycles. The van der Waals surface area contributed by atoms with Crippen LogP contribution < -0.4 is 16.0 Å². The number of aromatic nitrogens is 4. The molecule has 0 spiro atoms. The summed E-state index contributed by atoms with van der Waals surface area (Å²) in [5.41, 5.74) is 8.92. The molecular formula is C22H27N5O3. The topological polar surface area (TPSA) is 116 Å². The molecule has 0 bridgehead atoms. The molecule has 2 heterocycles. The number of aryl methyl sites for hydroxylation is 2. The molecule has 1 aliphatic rings. The molecule has 158 valence electrons. The second-order valence-electron chi connectivity index (χ2n) is 7.94. The summed E-state index contributed by atoms with van der Waals surface area (Å²) in [6.45, 7) is 4.43. The Bertz CT molecular complexity index is 1160. The summed E-state index contributed by atoms with van der Waals surface area (Å²) < 4.78 is 7.39. The van der Waals surface area contributed by atoms with Gasteiger partial charge in [-0.15, -0.1) is 0 Å². The zero-order chi connectivity index (χ0) is 21.4. The van der Waals surface area contributed by atoms with E-state index in [9.17, 15) is 9.59 Å². The number of primary amides is 1. The van der Waals surface area contributed by atoms with E-state index in [0.29, 0.717) is 41.6 Å². The minimum Gasteiger partial charge on any atom is -0.493 e. The van der Waals surface area contributed by atoms with Crippen molar-refractivity contribution in [3.8, 4) is 17.1 Å². The van der Waals surface area contributed by atoms with E-state index in [1.807, 2.05) is 32.0 Å². The van der Waals surface area contributed by atoms with Gasteiger partial charge < -0.3 is 15.5 Å². The Morgan fingerprint density at radius 1 is 1.33 bits per heavy atom. The van der Waals surface area contributed by atoms with E-state index in [1.165, 1.54) is 0 Å². The van der Waals surface area contributed by atoms with Gasteiger partial charge in [-0.1, -0.05) is 13.0 Å². The fourth-order valence-electron chi connectivity index (χ4n) is 4.25. The minimum absolute atomic E-state index is 0.00403. The number of nitrogens with one attached hydrogen (secondary N) is 1. The standard InChI is InChI=1S/C22H27N5O3/c1-4-16-18-19(27(3)26-16)22(29)25-21(24-18)15-11-12(6-7-17(15)30-5-2)8-13-9-14(10-13)20(23)28/h6-7,11,13-14H,4-5,8-10H2,1-3H3,(H2,23,28)(H,24,25,29). The van der Waals surface area contributed by atoms with Crippen LogP contribution in [0.2, 0.25) is 0 Å². The lowest BCUT2D eigenvalue weighted by Gasteiger charge is -2.33. The molecule has 8 heteroatoms. The molecule has 1 amide bonds. The van der Waals surface area contributed by atoms with E-state index in [-0.39, 0.29) is 17.4 Å². The van der Waals surface area contributed by atoms with Crippen molar-refractivity contribution in [1.29, 1.82) is 0 Å². The highest BCUT2D eigenvalue weighted by molar-refractivity contribution is 5.80. The van der Waals surface area contributed by atoms with Crippen LogP contribution in [-0.4, -0.2) is 32.3 Å². The summed E-state index contributed by atoms with van der Waals surface area (Å²) in [6, 6.07) is 5.98. The summed E-state index contributed by atoms with van der Waals surface area (Å²) in [5.74, 6) is 1.37. The molecule has 30 heavy (non-hydrogen) atoms. The Labute approximate surface area is 174 Å². The zero-order valence-electron chi connectivity index (χ0n) is 17.6. The quantitative estimate of drug-likeness (QED) is 0.621. The van der Waals surface area contributed by atoms with E-state index < -0.39 is 0 Å². The van der Waals surface area contributed by atoms with Crippen molar-refractivity contribution in [3.05, 3.63) is 39.8 Å². The van der Waals surface area contributed by atoms with Gasteiger partial charge in [0.15, 0.2) is 5.52 Å². The van der Waals surface area contributed by atoms with Crippen molar-refractivity contribution in [2.75, 3.05) is 6.61 Å². The molecule has 1 saturated carbocycles. The average Bonchev–Trinajstić information content (AvgIpc) is 3.01. The second-order valence-corrected chi connectivity index (χ2v) is 7.94. The fraction of sp³-hybridized carbons (Fsp3) is 0.455. The number of carbonyl (C=O) groups excluding carboxylic acids is 1. The van der Waals surface area contributed by atoms with Crippen LogP contribution in [0.1, 0.15) is 37.9 Å². The van der Waals surface area contributed by atoms with Crippen LogP contribution in [-0.2, 0) is 24.7 Å². The van der Waals surface area contributed by atoms with E-state index >= 15 is 0 Å². The number of hydrogen-bond donors (Lipinski definition) is 2. The van der Waals surface area contributed by atoms with Gasteiger partial charge in [0.25, 0.3) is 5.56 Å². The molecule has 2 aromatic heterocycles. The molecule has 0 saturated heterocycles. The lowest BCUT2D eigenvalue weighted by Crippen LogP contribution is -2.35. The molecule has 8 nitrogen and oxygen atoms in total. The molecule has 0 aliphatic heterocycles. The summed E-state index contributed by atoms with van der Waals surface area (Å²) in [7, 11) is 1.75. The smallest absolute Gasteiger partial charge is 0.277 e. The van der Waals surface area contributed by atoms with Gasteiger partial charge in [0.2, 0.25) is 5.91 Å². The molecule has 0 unspecified atom stereocenters. The normalized spacial score (nSPS) is 18.4. The van der Waals surface area contributed by atoms with Crippen molar-refractivity contribution < 1.29 is 9.53 Å². The molecule has 3 aromatic rings. The zero-order valence-corrected chi connectivity index (χ0v) is 17.6. The van der Waals surface area contributed by atoms with Gasteiger partial charge in [0.1, 0.15) is 17.1 Å². The lowest BCUT2D eigenvalue weighted by molar-refractivity contribution is -0.125. The van der Waals surface area contributed by atoms with Gasteiger partial charge in [0.05, 0.1) is 17.9 Å². The second kappa shape index (κ2) is 7.93. The maximum atomic E-state index is 12.8. The summed E-state index contributed by atoms with van der Waals surface area (Å²) >= 11 is 0. The highest BCUT2D eigenvalue weighted by atomic mass is 16.5. The number of amides is 1. The number of H-pyrrole nitrogens is 1. The van der Waals surface area contributed by atoms with E-state index in [1.54, 1.807) is 11.7 Å². The summed E-state index contributed by atoms with van der Waals surface area (Å²) in [6.07, 6.45) is 3.19. The number of aromatic amines is 1. The van der Waals surface area contributed by atoms with Crippen LogP contribution in [0, 0.1) is 11.8 Å². The number of rotatable bonds is 7. The number of ether oxygens (including phenoxy) is 1. The number of benzene rings is 1. The van der Waals surface area contributed by atoms with Gasteiger partial charge in [-0.05, 0) is 56.2 Å². The van der Waals surface area contributed by atoms with E-state index in [0.717, 1.165) is 36.1 Å². The predicted octanol–water partition coefficient (Wildman–Crippen LogP) is 2.34. The molecule has 0 radical (unpaired) electrons. The van der Waals surface area contributed by atoms with Crippen LogP contribution in [0.5, 0.6) is 5.75 Å². The molecular weight excluding hydrogens is 382 g/mol. The van der Waals surface area contributed by atoms with Crippen molar-refractivity contribution in [3.63, 3.8) is 0 Å². The third kappa shape index (κ3) is 3.58. The Morgan fingerprint density at radius 3 is 2.77 bits per heavy atom. The Hall–Kier alpha value is -3.16. The number of hydrogen-bond acceptors (Lipinski definition) is 5. The largest absolute Gasteiger partial charge is 0.493 e. The minimum atomic E-state index is -0.221. The van der Waals surface area contributed by atoms with Crippen LogP contribution in [0.15, 0.2) is 23.0 Å². The number of carbonyl (C=O) groups is 1. The Balaban J connectivity index is 1.73. The maximum absolute atomic E-state index is 12.8. The third-order valence-corrected chi connectivity index (χ3v) is 5.86. The van der Waals surface area contributed by atoms with Gasteiger partial charge in [-0.2, -0.15) is 5.10 Å². The summed E-state index contributed by atoms with van der Waals surface area (Å²) in [4.78, 5) is 31.7. The average molecular weight is 409 g/mol. The number of nitrogens with zero attached hydrogens (tertiary/aromatic N) is 3. The fourth-order valence-corrected chi connectivity index (χ4v) is 4.25. The van der Waals surface area contributed by atoms with Crippen molar-refractivity contribution >= 4 is 16.9 Å². The number of nitrogens with two attached hydrogens (primary N) is 1. The first-order chi connectivity index (χ1) is 14.4. The Kier molecular flexibility index (Phi) is 5.32. The molecule has 3 N–H and O–H groups in total. The van der Waals surface area contributed by atoms with Crippen LogP contribution in [0.4, 0.5) is 0 Å². The van der Waals surface area contributed by atoms with Crippen LogP contribution >= 0.6 is 0 Å². The van der Waals surface area contributed by atoms with E-state index in [2.05, 4.69) is 10.1 Å². The van der Waals surface area contributed by atoms with Crippen molar-refractivity contribution in [1.82, 2.24) is 19.7 Å². The van der Waals surface area contributed by atoms with E-state index in [4.69, 9.17) is 15.5 Å². The van der Waals surface area contributed by atoms with Crippen LogP contribution in [0.25, 0.3) is 22.4 Å². The maximum Gasteiger partial charge on any atom is 0.277 e. The van der Waals surface area contributed by atoms with Crippen molar-refractivity contribution in [2.24, 2.45) is 24.6 Å². The first kappa shape index (κ1) is 20.1. The Morgan fingerprint density at radius 2 is 2.10 bits per heavy atom. The molecule has 1 aliphatic carbocycles. The van der Waals surface area contributed by atoms with Gasteiger partial charge in [0, 0.05) is 13.0 Å². The van der Waals surface area contributed by atoms with Crippen molar-refractivity contribution in [2.45, 2.75) is 39.5 Å². The lowest BCUT2D eigenvalue weighted by atomic mass is 9.72. The van der Waals surface area contributed by atoms with Gasteiger partial charge in [-0.3, -0.25) is 14.3 Å². The highest BCUT2D eigenvalue weighted by Gasteiger charge is 2.33. The number of fused-ring (bicyclic) bond motifs is 1. The van der Waals surface area contributed by atoms with Gasteiger partial charge >= 0.3 is 0 Å². The third-order valence-electron chi connectivity index (χ3n) is 5.86.